The first-order valence-electron chi connectivity index (χ1n) is 4.54. The van der Waals surface area contributed by atoms with Gasteiger partial charge in [0.2, 0.25) is 0 Å². The summed E-state index contributed by atoms with van der Waals surface area (Å²) in [4.78, 5) is 11.3. The van der Waals surface area contributed by atoms with Gasteiger partial charge in [0.05, 0.1) is 0 Å². The van der Waals surface area contributed by atoms with Crippen molar-refractivity contribution >= 4 is 5.78 Å². The van der Waals surface area contributed by atoms with E-state index in [1.807, 2.05) is 25.1 Å². The summed E-state index contributed by atoms with van der Waals surface area (Å²) in [6, 6.07) is 10.2. The standard InChI is InChI=1S/C12H12O/c1-9-7-11(8-12(9)13)10-5-3-2-4-6-10/h2-7,11H,8H2,1H3. The predicted octanol–water partition coefficient (Wildman–Crippen LogP) is 2.69. The van der Waals surface area contributed by atoms with E-state index in [4.69, 9.17) is 0 Å². The van der Waals surface area contributed by atoms with Gasteiger partial charge in [-0.15, -0.1) is 0 Å². The Kier molecular flexibility index (Phi) is 2.01. The Morgan fingerprint density at radius 1 is 1.23 bits per heavy atom. The SMILES string of the molecule is CC1=CC(c2ccccc2)CC1=O. The molecule has 1 nitrogen and oxygen atoms in total. The average Bonchev–Trinajstić information content (AvgIpc) is 2.49. The topological polar surface area (TPSA) is 17.1 Å². The highest BCUT2D eigenvalue weighted by atomic mass is 16.1. The fourth-order valence-electron chi connectivity index (χ4n) is 1.73. The van der Waals surface area contributed by atoms with Crippen molar-refractivity contribution in [1.82, 2.24) is 0 Å². The summed E-state index contributed by atoms with van der Waals surface area (Å²) in [5, 5.41) is 0. The lowest BCUT2D eigenvalue weighted by Crippen LogP contribution is -1.95. The lowest BCUT2D eigenvalue weighted by molar-refractivity contribution is -0.115. The number of Topliss-reactive ketones (excluding diaryl/α,β-unsaturated/α-hetero) is 1. The van der Waals surface area contributed by atoms with Crippen LogP contribution in [0.4, 0.5) is 0 Å². The number of benzene rings is 1. The van der Waals surface area contributed by atoms with Crippen molar-refractivity contribution in [2.75, 3.05) is 0 Å². The van der Waals surface area contributed by atoms with E-state index in [2.05, 4.69) is 18.2 Å². The fourth-order valence-corrected chi connectivity index (χ4v) is 1.73. The maximum Gasteiger partial charge on any atom is 0.159 e. The van der Waals surface area contributed by atoms with Crippen molar-refractivity contribution in [1.29, 1.82) is 0 Å². The van der Waals surface area contributed by atoms with Gasteiger partial charge >= 0.3 is 0 Å². The van der Waals surface area contributed by atoms with E-state index in [0.717, 1.165) is 5.57 Å². The molecule has 0 N–H and O–H groups in total. The van der Waals surface area contributed by atoms with Crippen LogP contribution in [0, 0.1) is 0 Å². The van der Waals surface area contributed by atoms with E-state index >= 15 is 0 Å². The summed E-state index contributed by atoms with van der Waals surface area (Å²) < 4.78 is 0. The molecule has 1 aliphatic rings. The molecule has 0 spiro atoms. The van der Waals surface area contributed by atoms with Crippen LogP contribution in [0.2, 0.25) is 0 Å². The fraction of sp³-hybridized carbons (Fsp3) is 0.250. The normalized spacial score (nSPS) is 21.8. The van der Waals surface area contributed by atoms with Gasteiger partial charge in [0.15, 0.2) is 5.78 Å². The summed E-state index contributed by atoms with van der Waals surface area (Å²) in [7, 11) is 0. The van der Waals surface area contributed by atoms with Crippen molar-refractivity contribution < 1.29 is 4.79 Å². The van der Waals surface area contributed by atoms with Crippen LogP contribution in [-0.2, 0) is 4.79 Å². The van der Waals surface area contributed by atoms with Crippen LogP contribution in [0.3, 0.4) is 0 Å². The summed E-state index contributed by atoms with van der Waals surface area (Å²) >= 11 is 0. The first-order valence-corrected chi connectivity index (χ1v) is 4.54. The van der Waals surface area contributed by atoms with Crippen LogP contribution in [-0.4, -0.2) is 5.78 Å². The highest BCUT2D eigenvalue weighted by molar-refractivity contribution is 5.98. The van der Waals surface area contributed by atoms with Crippen molar-refractivity contribution in [3.05, 3.63) is 47.5 Å². The van der Waals surface area contributed by atoms with Crippen molar-refractivity contribution in [3.8, 4) is 0 Å². The molecular weight excluding hydrogens is 160 g/mol. The molecule has 1 atom stereocenters. The minimum Gasteiger partial charge on any atom is -0.295 e. The van der Waals surface area contributed by atoms with Crippen molar-refractivity contribution in [2.45, 2.75) is 19.3 Å². The molecule has 66 valence electrons. The zero-order valence-corrected chi connectivity index (χ0v) is 7.66. The highest BCUT2D eigenvalue weighted by Gasteiger charge is 2.21. The third-order valence-corrected chi connectivity index (χ3v) is 2.52. The maximum absolute atomic E-state index is 11.3. The van der Waals surface area contributed by atoms with Crippen molar-refractivity contribution in [3.63, 3.8) is 0 Å². The zero-order chi connectivity index (χ0) is 9.26. The largest absolute Gasteiger partial charge is 0.295 e. The molecule has 1 heteroatoms. The Labute approximate surface area is 78.1 Å². The minimum absolute atomic E-state index is 0.286. The van der Waals surface area contributed by atoms with Gasteiger partial charge in [-0.25, -0.2) is 0 Å². The monoisotopic (exact) mass is 172 g/mol. The van der Waals surface area contributed by atoms with Gasteiger partial charge in [-0.05, 0) is 18.1 Å². The maximum atomic E-state index is 11.3. The molecule has 0 aliphatic heterocycles. The zero-order valence-electron chi connectivity index (χ0n) is 7.66. The van der Waals surface area contributed by atoms with Crippen LogP contribution < -0.4 is 0 Å². The summed E-state index contributed by atoms with van der Waals surface area (Å²) in [6.45, 7) is 1.89. The summed E-state index contributed by atoms with van der Waals surface area (Å²) in [5.74, 6) is 0.600. The van der Waals surface area contributed by atoms with Crippen molar-refractivity contribution in [2.24, 2.45) is 0 Å². The Hall–Kier alpha value is -1.37. The third-order valence-electron chi connectivity index (χ3n) is 2.52. The second-order valence-electron chi connectivity index (χ2n) is 3.49. The Balaban J connectivity index is 2.27. The molecule has 0 fully saturated rings. The quantitative estimate of drug-likeness (QED) is 0.636. The van der Waals surface area contributed by atoms with E-state index in [1.165, 1.54) is 5.56 Å². The van der Waals surface area contributed by atoms with E-state index in [1.54, 1.807) is 0 Å². The molecule has 0 radical (unpaired) electrons. The smallest absolute Gasteiger partial charge is 0.159 e. The first-order chi connectivity index (χ1) is 6.27. The molecule has 2 rings (SSSR count). The van der Waals surface area contributed by atoms with Gasteiger partial charge in [0.25, 0.3) is 0 Å². The molecule has 0 bridgehead atoms. The minimum atomic E-state index is 0.286. The third kappa shape index (κ3) is 1.55. The molecular formula is C12H12O. The second kappa shape index (κ2) is 3.17. The second-order valence-corrected chi connectivity index (χ2v) is 3.49. The van der Waals surface area contributed by atoms with Gasteiger partial charge in [-0.1, -0.05) is 36.4 Å². The van der Waals surface area contributed by atoms with Crippen LogP contribution in [0.1, 0.15) is 24.8 Å². The van der Waals surface area contributed by atoms with Crippen LogP contribution in [0.25, 0.3) is 0 Å². The molecule has 1 aliphatic carbocycles. The molecule has 1 aromatic carbocycles. The molecule has 0 heterocycles. The number of allylic oxidation sites excluding steroid dienone is 2. The summed E-state index contributed by atoms with van der Waals surface area (Å²) in [5.41, 5.74) is 2.15. The Morgan fingerprint density at radius 3 is 2.46 bits per heavy atom. The van der Waals surface area contributed by atoms with E-state index in [-0.39, 0.29) is 5.78 Å². The Bertz CT molecular complexity index is 349. The number of carbonyl (C=O) groups excluding carboxylic acids is 1. The molecule has 1 aromatic rings. The molecule has 0 saturated carbocycles. The predicted molar refractivity (Wildman–Crippen MR) is 52.6 cm³/mol. The molecule has 1 unspecified atom stereocenters. The lowest BCUT2D eigenvalue weighted by Gasteiger charge is -2.05. The molecule has 0 saturated heterocycles. The first kappa shape index (κ1) is 8.24. The number of ketones is 1. The Morgan fingerprint density at radius 2 is 1.92 bits per heavy atom. The number of hydrogen-bond acceptors (Lipinski definition) is 1. The van der Waals surface area contributed by atoms with Gasteiger partial charge in [0, 0.05) is 12.3 Å². The lowest BCUT2D eigenvalue weighted by atomic mass is 9.99. The molecule has 0 amide bonds. The number of hydrogen-bond donors (Lipinski definition) is 0. The van der Waals surface area contributed by atoms with Crippen LogP contribution in [0.15, 0.2) is 42.0 Å². The van der Waals surface area contributed by atoms with E-state index in [9.17, 15) is 4.79 Å². The van der Waals surface area contributed by atoms with Gasteiger partial charge in [-0.3, -0.25) is 4.79 Å². The van der Waals surface area contributed by atoms with Crippen LogP contribution >= 0.6 is 0 Å². The number of rotatable bonds is 1. The van der Waals surface area contributed by atoms with Crippen LogP contribution in [0.5, 0.6) is 0 Å². The van der Waals surface area contributed by atoms with E-state index < -0.39 is 0 Å². The summed E-state index contributed by atoms with van der Waals surface area (Å²) in [6.07, 6.45) is 2.72. The molecule has 13 heavy (non-hydrogen) atoms. The van der Waals surface area contributed by atoms with E-state index in [0.29, 0.717) is 12.3 Å². The average molecular weight is 172 g/mol. The van der Waals surface area contributed by atoms with Gasteiger partial charge in [0.1, 0.15) is 0 Å². The molecule has 0 aromatic heterocycles. The van der Waals surface area contributed by atoms with Gasteiger partial charge < -0.3 is 0 Å². The highest BCUT2D eigenvalue weighted by Crippen LogP contribution is 2.29. The number of carbonyl (C=O) groups is 1. The van der Waals surface area contributed by atoms with Gasteiger partial charge in [-0.2, -0.15) is 0 Å².